The largest absolute Gasteiger partial charge is 0.478 e. The number of anilines is 1. The van der Waals surface area contributed by atoms with Crippen molar-refractivity contribution in [1.29, 1.82) is 0 Å². The average Bonchev–Trinajstić information content (AvgIpc) is 2.45. The third-order valence-electron chi connectivity index (χ3n) is 2.05. The van der Waals surface area contributed by atoms with Crippen LogP contribution in [0.5, 0.6) is 0 Å². The molecular formula is C10H15N3O2. The zero-order valence-corrected chi connectivity index (χ0v) is 9.11. The topological polar surface area (TPSA) is 67.2 Å². The second-order valence-electron chi connectivity index (χ2n) is 3.38. The van der Waals surface area contributed by atoms with Gasteiger partial charge in [0, 0.05) is 25.4 Å². The van der Waals surface area contributed by atoms with Gasteiger partial charge >= 0.3 is 5.97 Å². The molecule has 0 fully saturated rings. The minimum absolute atomic E-state index is 0.337. The Balaban J connectivity index is 2.55. The van der Waals surface area contributed by atoms with Crippen LogP contribution in [0.4, 0.5) is 5.69 Å². The van der Waals surface area contributed by atoms with E-state index in [1.165, 1.54) is 0 Å². The maximum absolute atomic E-state index is 10.5. The van der Waals surface area contributed by atoms with Crippen LogP contribution in [0, 0.1) is 6.92 Å². The fourth-order valence-electron chi connectivity index (χ4n) is 1.17. The first-order valence-corrected chi connectivity index (χ1v) is 4.65. The third kappa shape index (κ3) is 3.12. The maximum atomic E-state index is 10.5. The van der Waals surface area contributed by atoms with Crippen LogP contribution in [0.3, 0.4) is 0 Å². The van der Waals surface area contributed by atoms with Gasteiger partial charge in [0.25, 0.3) is 0 Å². The van der Waals surface area contributed by atoms with Crippen LogP contribution < -0.4 is 5.32 Å². The molecule has 1 aromatic heterocycles. The Morgan fingerprint density at radius 2 is 2.40 bits per heavy atom. The first-order valence-electron chi connectivity index (χ1n) is 4.65. The van der Waals surface area contributed by atoms with Crippen LogP contribution in [-0.2, 0) is 11.8 Å². The highest BCUT2D eigenvalue weighted by molar-refractivity contribution is 5.85. The van der Waals surface area contributed by atoms with Gasteiger partial charge in [-0.1, -0.05) is 6.08 Å². The molecule has 5 heteroatoms. The number of carbonyl (C=O) groups is 1. The molecule has 5 nitrogen and oxygen atoms in total. The molecule has 0 aliphatic heterocycles. The SMILES string of the molecule is CC(=CCNc1cn(C)nc1C)C(=O)O. The van der Waals surface area contributed by atoms with Crippen molar-refractivity contribution in [2.75, 3.05) is 11.9 Å². The summed E-state index contributed by atoms with van der Waals surface area (Å²) in [6.07, 6.45) is 3.49. The predicted molar refractivity (Wildman–Crippen MR) is 57.8 cm³/mol. The number of nitrogens with zero attached hydrogens (tertiary/aromatic N) is 2. The molecule has 1 heterocycles. The quantitative estimate of drug-likeness (QED) is 0.730. The van der Waals surface area contributed by atoms with Gasteiger partial charge in [-0.25, -0.2) is 4.79 Å². The fourth-order valence-corrected chi connectivity index (χ4v) is 1.17. The van der Waals surface area contributed by atoms with Crippen molar-refractivity contribution >= 4 is 11.7 Å². The number of aryl methyl sites for hydroxylation is 2. The van der Waals surface area contributed by atoms with Crippen molar-refractivity contribution < 1.29 is 9.90 Å². The van der Waals surface area contributed by atoms with Gasteiger partial charge in [-0.3, -0.25) is 4.68 Å². The Labute approximate surface area is 88.4 Å². The number of rotatable bonds is 4. The molecule has 0 bridgehead atoms. The molecule has 0 saturated heterocycles. The maximum Gasteiger partial charge on any atom is 0.331 e. The molecule has 82 valence electrons. The lowest BCUT2D eigenvalue weighted by molar-refractivity contribution is -0.132. The number of hydrogen-bond acceptors (Lipinski definition) is 3. The molecule has 0 aliphatic carbocycles. The number of carboxylic acids is 1. The predicted octanol–water partition coefficient (Wildman–Crippen LogP) is 1.17. The number of aliphatic carboxylic acids is 1. The van der Waals surface area contributed by atoms with Gasteiger partial charge in [0.1, 0.15) is 0 Å². The van der Waals surface area contributed by atoms with Crippen LogP contribution in [0.2, 0.25) is 0 Å². The molecule has 0 saturated carbocycles. The summed E-state index contributed by atoms with van der Waals surface area (Å²) in [5, 5.41) is 15.9. The molecule has 1 rings (SSSR count). The smallest absolute Gasteiger partial charge is 0.331 e. The van der Waals surface area contributed by atoms with E-state index in [9.17, 15) is 4.79 Å². The second kappa shape index (κ2) is 4.63. The molecule has 0 radical (unpaired) electrons. The lowest BCUT2D eigenvalue weighted by atomic mass is 10.3. The van der Waals surface area contributed by atoms with E-state index in [1.54, 1.807) is 17.7 Å². The summed E-state index contributed by atoms with van der Waals surface area (Å²) in [6.45, 7) is 3.96. The Bertz CT molecular complexity index is 393. The summed E-state index contributed by atoms with van der Waals surface area (Å²) in [7, 11) is 1.84. The molecule has 1 aromatic rings. The van der Waals surface area contributed by atoms with E-state index in [0.29, 0.717) is 12.1 Å². The monoisotopic (exact) mass is 209 g/mol. The van der Waals surface area contributed by atoms with E-state index in [-0.39, 0.29) is 0 Å². The summed E-state index contributed by atoms with van der Waals surface area (Å²) in [6, 6.07) is 0. The lowest BCUT2D eigenvalue weighted by Gasteiger charge is -2.00. The van der Waals surface area contributed by atoms with Crippen LogP contribution in [0.15, 0.2) is 17.8 Å². The molecule has 0 aromatic carbocycles. The van der Waals surface area contributed by atoms with Crippen LogP contribution >= 0.6 is 0 Å². The zero-order chi connectivity index (χ0) is 11.4. The van der Waals surface area contributed by atoms with E-state index >= 15 is 0 Å². The lowest BCUT2D eigenvalue weighted by Crippen LogP contribution is -2.03. The molecule has 0 spiro atoms. The Hall–Kier alpha value is -1.78. The second-order valence-corrected chi connectivity index (χ2v) is 3.38. The third-order valence-corrected chi connectivity index (χ3v) is 2.05. The minimum atomic E-state index is -0.889. The van der Waals surface area contributed by atoms with Crippen molar-refractivity contribution in [1.82, 2.24) is 9.78 Å². The van der Waals surface area contributed by atoms with E-state index in [4.69, 9.17) is 5.11 Å². The fraction of sp³-hybridized carbons (Fsp3) is 0.400. The van der Waals surface area contributed by atoms with E-state index < -0.39 is 5.97 Å². The number of carboxylic acid groups (broad SMARTS) is 1. The minimum Gasteiger partial charge on any atom is -0.478 e. The Morgan fingerprint density at radius 3 is 2.87 bits per heavy atom. The van der Waals surface area contributed by atoms with Crippen LogP contribution in [-0.4, -0.2) is 27.4 Å². The van der Waals surface area contributed by atoms with Gasteiger partial charge in [0.15, 0.2) is 0 Å². The standard InChI is InChI=1S/C10H15N3O2/c1-7(10(14)15)4-5-11-9-6-13(3)12-8(9)2/h4,6,11H,5H2,1-3H3,(H,14,15). The summed E-state index contributed by atoms with van der Waals surface area (Å²) < 4.78 is 1.71. The molecular weight excluding hydrogens is 194 g/mol. The van der Waals surface area contributed by atoms with E-state index in [2.05, 4.69) is 10.4 Å². The Morgan fingerprint density at radius 1 is 1.73 bits per heavy atom. The van der Waals surface area contributed by atoms with Gasteiger partial charge in [0.2, 0.25) is 0 Å². The Kier molecular flexibility index (Phi) is 3.49. The molecule has 0 amide bonds. The van der Waals surface area contributed by atoms with Gasteiger partial charge in [-0.05, 0) is 13.8 Å². The van der Waals surface area contributed by atoms with E-state index in [0.717, 1.165) is 11.4 Å². The van der Waals surface area contributed by atoms with Gasteiger partial charge in [0.05, 0.1) is 11.4 Å². The molecule has 0 atom stereocenters. The summed E-state index contributed by atoms with van der Waals surface area (Å²) in [5.41, 5.74) is 2.16. The van der Waals surface area contributed by atoms with Crippen molar-refractivity contribution in [3.8, 4) is 0 Å². The van der Waals surface area contributed by atoms with Crippen molar-refractivity contribution in [3.05, 3.63) is 23.5 Å². The van der Waals surface area contributed by atoms with Crippen molar-refractivity contribution in [2.45, 2.75) is 13.8 Å². The van der Waals surface area contributed by atoms with Crippen LogP contribution in [0.25, 0.3) is 0 Å². The van der Waals surface area contributed by atoms with Gasteiger partial charge < -0.3 is 10.4 Å². The first-order chi connectivity index (χ1) is 7.00. The number of nitrogens with one attached hydrogen (secondary N) is 1. The van der Waals surface area contributed by atoms with Crippen molar-refractivity contribution in [3.63, 3.8) is 0 Å². The summed E-state index contributed by atoms with van der Waals surface area (Å²) >= 11 is 0. The zero-order valence-electron chi connectivity index (χ0n) is 9.11. The van der Waals surface area contributed by atoms with Gasteiger partial charge in [-0.2, -0.15) is 5.10 Å². The highest BCUT2D eigenvalue weighted by Crippen LogP contribution is 2.10. The summed E-state index contributed by atoms with van der Waals surface area (Å²) in [4.78, 5) is 10.5. The van der Waals surface area contributed by atoms with E-state index in [1.807, 2.05) is 20.2 Å². The average molecular weight is 209 g/mol. The summed E-state index contributed by atoms with van der Waals surface area (Å²) in [5.74, 6) is -0.889. The van der Waals surface area contributed by atoms with Crippen LogP contribution in [0.1, 0.15) is 12.6 Å². The molecule has 0 unspecified atom stereocenters. The molecule has 0 aliphatic rings. The molecule has 15 heavy (non-hydrogen) atoms. The highest BCUT2D eigenvalue weighted by Gasteiger charge is 2.01. The van der Waals surface area contributed by atoms with Crippen molar-refractivity contribution in [2.24, 2.45) is 7.05 Å². The first kappa shape index (κ1) is 11.3. The highest BCUT2D eigenvalue weighted by atomic mass is 16.4. The van der Waals surface area contributed by atoms with Gasteiger partial charge in [-0.15, -0.1) is 0 Å². The molecule has 2 N–H and O–H groups in total. The normalized spacial score (nSPS) is 11.5. The number of aromatic nitrogens is 2. The number of hydrogen-bond donors (Lipinski definition) is 2.